The van der Waals surface area contributed by atoms with Crippen LogP contribution in [0.1, 0.15) is 42.0 Å². The van der Waals surface area contributed by atoms with Crippen molar-refractivity contribution in [1.82, 2.24) is 4.31 Å². The minimum atomic E-state index is -3.37. The highest BCUT2D eigenvalue weighted by atomic mass is 32.2. The van der Waals surface area contributed by atoms with Crippen LogP contribution in [0.2, 0.25) is 0 Å². The van der Waals surface area contributed by atoms with E-state index in [-0.39, 0.29) is 0 Å². The van der Waals surface area contributed by atoms with Gasteiger partial charge in [-0.25, -0.2) is 8.42 Å². The number of sulfonamides is 1. The number of piperidine rings is 1. The van der Waals surface area contributed by atoms with Crippen LogP contribution in [0.5, 0.6) is 0 Å². The number of aryl methyl sites for hydroxylation is 2. The van der Waals surface area contributed by atoms with Gasteiger partial charge in [-0.1, -0.05) is 13.0 Å². The standard InChI is InChI=1S/C16H25NO2S/c1-11-7-6-8-17(10-11)20(18,19)16-14(4)12(2)9-13(3)15(16)5/h9,11H,6-8,10H2,1-5H3. The fourth-order valence-electron chi connectivity index (χ4n) is 3.06. The summed E-state index contributed by atoms with van der Waals surface area (Å²) in [6.45, 7) is 11.2. The molecule has 0 aromatic heterocycles. The van der Waals surface area contributed by atoms with Crippen molar-refractivity contribution in [3.8, 4) is 0 Å². The van der Waals surface area contributed by atoms with E-state index >= 15 is 0 Å². The Kier molecular flexibility index (Phi) is 4.26. The van der Waals surface area contributed by atoms with Crippen molar-refractivity contribution in [3.63, 3.8) is 0 Å². The number of hydrogen-bond donors (Lipinski definition) is 0. The molecule has 0 N–H and O–H groups in total. The lowest BCUT2D eigenvalue weighted by molar-refractivity contribution is 0.281. The van der Waals surface area contributed by atoms with E-state index in [1.54, 1.807) is 4.31 Å². The van der Waals surface area contributed by atoms with E-state index in [0.717, 1.165) is 35.1 Å². The van der Waals surface area contributed by atoms with Crippen LogP contribution < -0.4 is 0 Å². The van der Waals surface area contributed by atoms with Crippen molar-refractivity contribution in [2.45, 2.75) is 52.4 Å². The van der Waals surface area contributed by atoms with Gasteiger partial charge in [0, 0.05) is 13.1 Å². The average molecular weight is 295 g/mol. The molecule has 3 nitrogen and oxygen atoms in total. The molecule has 1 atom stereocenters. The van der Waals surface area contributed by atoms with Crippen LogP contribution in [0.15, 0.2) is 11.0 Å². The van der Waals surface area contributed by atoms with E-state index in [1.807, 2.05) is 27.7 Å². The molecular weight excluding hydrogens is 270 g/mol. The predicted molar refractivity (Wildman–Crippen MR) is 82.5 cm³/mol. The molecule has 1 aliphatic heterocycles. The van der Waals surface area contributed by atoms with Gasteiger partial charge in [-0.2, -0.15) is 4.31 Å². The third-order valence-corrected chi connectivity index (χ3v) is 6.65. The summed E-state index contributed by atoms with van der Waals surface area (Å²) in [5.41, 5.74) is 3.89. The van der Waals surface area contributed by atoms with Crippen LogP contribution in [0.4, 0.5) is 0 Å². The van der Waals surface area contributed by atoms with E-state index in [1.165, 1.54) is 0 Å². The molecule has 20 heavy (non-hydrogen) atoms. The molecule has 1 saturated heterocycles. The maximum Gasteiger partial charge on any atom is 0.243 e. The Labute approximate surface area is 123 Å². The second-order valence-corrected chi connectivity index (χ2v) is 8.07. The fraction of sp³-hybridized carbons (Fsp3) is 0.625. The second kappa shape index (κ2) is 5.49. The highest BCUT2D eigenvalue weighted by Gasteiger charge is 2.31. The molecule has 2 rings (SSSR count). The van der Waals surface area contributed by atoms with Crippen molar-refractivity contribution in [2.75, 3.05) is 13.1 Å². The Morgan fingerprint density at radius 3 is 2.15 bits per heavy atom. The Balaban J connectivity index is 2.55. The van der Waals surface area contributed by atoms with Crippen LogP contribution in [0.3, 0.4) is 0 Å². The van der Waals surface area contributed by atoms with Gasteiger partial charge in [0.05, 0.1) is 4.90 Å². The summed E-state index contributed by atoms with van der Waals surface area (Å²) in [6.07, 6.45) is 2.08. The van der Waals surface area contributed by atoms with E-state index in [4.69, 9.17) is 0 Å². The molecule has 1 heterocycles. The number of benzene rings is 1. The molecular formula is C16H25NO2S. The van der Waals surface area contributed by atoms with Crippen LogP contribution in [0, 0.1) is 33.6 Å². The van der Waals surface area contributed by atoms with Gasteiger partial charge >= 0.3 is 0 Å². The molecule has 1 aromatic carbocycles. The molecule has 0 aliphatic carbocycles. The zero-order valence-corrected chi connectivity index (χ0v) is 14.0. The lowest BCUT2D eigenvalue weighted by Gasteiger charge is -2.31. The predicted octanol–water partition coefficient (Wildman–Crippen LogP) is 3.34. The molecule has 1 fully saturated rings. The van der Waals surface area contributed by atoms with Gasteiger partial charge in [0.1, 0.15) is 0 Å². The Morgan fingerprint density at radius 2 is 1.65 bits per heavy atom. The Hall–Kier alpha value is -0.870. The molecule has 0 bridgehead atoms. The molecule has 112 valence electrons. The first kappa shape index (κ1) is 15.5. The molecule has 1 aromatic rings. The van der Waals surface area contributed by atoms with Gasteiger partial charge in [0.2, 0.25) is 10.0 Å². The molecule has 0 saturated carbocycles. The van der Waals surface area contributed by atoms with Gasteiger partial charge in [0.25, 0.3) is 0 Å². The first-order valence-corrected chi connectivity index (χ1v) is 8.76. The normalized spacial score (nSPS) is 21.1. The number of hydrogen-bond acceptors (Lipinski definition) is 2. The largest absolute Gasteiger partial charge is 0.243 e. The summed E-state index contributed by atoms with van der Waals surface area (Å²) in [7, 11) is -3.37. The van der Waals surface area contributed by atoms with Gasteiger partial charge < -0.3 is 0 Å². The van der Waals surface area contributed by atoms with Gasteiger partial charge in [-0.15, -0.1) is 0 Å². The maximum absolute atomic E-state index is 13.0. The molecule has 0 spiro atoms. The third kappa shape index (κ3) is 2.63. The fourth-order valence-corrected chi connectivity index (χ4v) is 5.24. The van der Waals surface area contributed by atoms with Crippen molar-refractivity contribution in [2.24, 2.45) is 5.92 Å². The molecule has 0 radical (unpaired) electrons. The van der Waals surface area contributed by atoms with Gasteiger partial charge in [-0.05, 0) is 68.7 Å². The topological polar surface area (TPSA) is 37.4 Å². The van der Waals surface area contributed by atoms with E-state index in [9.17, 15) is 8.42 Å². The van der Waals surface area contributed by atoms with E-state index < -0.39 is 10.0 Å². The van der Waals surface area contributed by atoms with Crippen molar-refractivity contribution < 1.29 is 8.42 Å². The molecule has 0 amide bonds. The lowest BCUT2D eigenvalue weighted by Crippen LogP contribution is -2.39. The minimum absolute atomic E-state index is 0.449. The minimum Gasteiger partial charge on any atom is -0.207 e. The summed E-state index contributed by atoms with van der Waals surface area (Å²) in [6, 6.07) is 2.07. The summed E-state index contributed by atoms with van der Waals surface area (Å²) < 4.78 is 27.7. The van der Waals surface area contributed by atoms with E-state index in [2.05, 4.69) is 13.0 Å². The summed E-state index contributed by atoms with van der Waals surface area (Å²) in [5.74, 6) is 0.449. The van der Waals surface area contributed by atoms with E-state index in [0.29, 0.717) is 23.9 Å². The lowest BCUT2D eigenvalue weighted by atomic mass is 10.0. The highest BCUT2D eigenvalue weighted by Crippen LogP contribution is 2.30. The smallest absolute Gasteiger partial charge is 0.207 e. The van der Waals surface area contributed by atoms with Crippen LogP contribution in [-0.2, 0) is 10.0 Å². The zero-order valence-electron chi connectivity index (χ0n) is 13.2. The zero-order chi connectivity index (χ0) is 15.1. The van der Waals surface area contributed by atoms with Crippen molar-refractivity contribution >= 4 is 10.0 Å². The van der Waals surface area contributed by atoms with Crippen LogP contribution in [0.25, 0.3) is 0 Å². The quantitative estimate of drug-likeness (QED) is 0.839. The van der Waals surface area contributed by atoms with Crippen LogP contribution >= 0.6 is 0 Å². The summed E-state index contributed by atoms with van der Waals surface area (Å²) in [5, 5.41) is 0. The number of rotatable bonds is 2. The third-order valence-electron chi connectivity index (χ3n) is 4.51. The Bertz CT molecular complexity index is 594. The monoisotopic (exact) mass is 295 g/mol. The highest BCUT2D eigenvalue weighted by molar-refractivity contribution is 7.89. The maximum atomic E-state index is 13.0. The van der Waals surface area contributed by atoms with Crippen molar-refractivity contribution in [3.05, 3.63) is 28.3 Å². The second-order valence-electron chi connectivity index (χ2n) is 6.20. The van der Waals surface area contributed by atoms with Gasteiger partial charge in [-0.3, -0.25) is 0 Å². The summed E-state index contributed by atoms with van der Waals surface area (Å²) >= 11 is 0. The van der Waals surface area contributed by atoms with Gasteiger partial charge in [0.15, 0.2) is 0 Å². The number of nitrogens with zero attached hydrogens (tertiary/aromatic N) is 1. The van der Waals surface area contributed by atoms with Crippen molar-refractivity contribution in [1.29, 1.82) is 0 Å². The summed E-state index contributed by atoms with van der Waals surface area (Å²) in [4.78, 5) is 0.532. The SMILES string of the molecule is Cc1cc(C)c(C)c(S(=O)(=O)N2CCCC(C)C2)c1C. The first-order valence-electron chi connectivity index (χ1n) is 7.32. The van der Waals surface area contributed by atoms with Crippen LogP contribution in [-0.4, -0.2) is 25.8 Å². The molecule has 1 unspecified atom stereocenters. The molecule has 1 aliphatic rings. The molecule has 4 heteroatoms. The Morgan fingerprint density at radius 1 is 1.10 bits per heavy atom. The first-order chi connectivity index (χ1) is 9.25. The average Bonchev–Trinajstić information content (AvgIpc) is 2.36.